The third-order valence-electron chi connectivity index (χ3n) is 3.79. The minimum absolute atomic E-state index is 0.186. The van der Waals surface area contributed by atoms with E-state index in [2.05, 4.69) is 9.50 Å². The van der Waals surface area contributed by atoms with E-state index in [0.717, 1.165) is 23.3 Å². The zero-order valence-corrected chi connectivity index (χ0v) is 16.1. The maximum atomic E-state index is 12.3. The number of halogens is 3. The SMILES string of the molecule is O=C(NCCCCc1ccc(OS(=O)(=O)C(F)(F)F)cc1)OCc1ccccc1. The molecule has 0 aliphatic rings. The van der Waals surface area contributed by atoms with E-state index >= 15 is 0 Å². The molecule has 0 aliphatic carbocycles. The standard InChI is InChI=1S/C19H20F3NO5S/c20-19(21,22)29(25,26)28-17-11-9-15(10-12-17)6-4-5-13-23-18(24)27-14-16-7-2-1-3-8-16/h1-3,7-12H,4-6,13-14H2,(H,23,24). The van der Waals surface area contributed by atoms with E-state index in [1.807, 2.05) is 30.3 Å². The van der Waals surface area contributed by atoms with E-state index in [9.17, 15) is 26.4 Å². The van der Waals surface area contributed by atoms with Gasteiger partial charge in [0.2, 0.25) is 0 Å². The first kappa shape index (κ1) is 22.5. The highest BCUT2D eigenvalue weighted by atomic mass is 32.2. The lowest BCUT2D eigenvalue weighted by Gasteiger charge is -2.10. The Morgan fingerprint density at radius 1 is 0.931 bits per heavy atom. The highest BCUT2D eigenvalue weighted by Gasteiger charge is 2.48. The molecule has 1 amide bonds. The van der Waals surface area contributed by atoms with Crippen LogP contribution >= 0.6 is 0 Å². The normalized spacial score (nSPS) is 11.7. The number of unbranched alkanes of at least 4 members (excludes halogenated alkanes) is 1. The molecule has 2 rings (SSSR count). The molecule has 0 atom stereocenters. The average Bonchev–Trinajstić information content (AvgIpc) is 2.67. The second-order valence-corrected chi connectivity index (χ2v) is 7.61. The summed E-state index contributed by atoms with van der Waals surface area (Å²) in [5.41, 5.74) is -3.78. The Bertz CT molecular complexity index is 884. The fraction of sp³-hybridized carbons (Fsp3) is 0.316. The van der Waals surface area contributed by atoms with E-state index < -0.39 is 27.5 Å². The van der Waals surface area contributed by atoms with E-state index in [-0.39, 0.29) is 6.61 Å². The van der Waals surface area contributed by atoms with E-state index in [4.69, 9.17) is 4.74 Å². The summed E-state index contributed by atoms with van der Waals surface area (Å²) in [5, 5.41) is 2.63. The molecule has 0 heterocycles. The minimum Gasteiger partial charge on any atom is -0.445 e. The summed E-state index contributed by atoms with van der Waals surface area (Å²) < 4.78 is 67.8. The fourth-order valence-electron chi connectivity index (χ4n) is 2.30. The number of aryl methyl sites for hydroxylation is 1. The number of amides is 1. The van der Waals surface area contributed by atoms with Gasteiger partial charge in [-0.1, -0.05) is 42.5 Å². The van der Waals surface area contributed by atoms with Gasteiger partial charge >= 0.3 is 21.7 Å². The summed E-state index contributed by atoms with van der Waals surface area (Å²) in [4.78, 5) is 11.6. The summed E-state index contributed by atoms with van der Waals surface area (Å²) in [7, 11) is -5.67. The molecule has 0 saturated heterocycles. The second-order valence-electron chi connectivity index (χ2n) is 6.07. The van der Waals surface area contributed by atoms with Crippen LogP contribution in [0.2, 0.25) is 0 Å². The second kappa shape index (κ2) is 10.1. The number of hydrogen-bond acceptors (Lipinski definition) is 5. The van der Waals surface area contributed by atoms with Crippen molar-refractivity contribution >= 4 is 16.2 Å². The summed E-state index contributed by atoms with van der Waals surface area (Å²) in [5.74, 6) is -0.408. The van der Waals surface area contributed by atoms with Crippen LogP contribution in [0, 0.1) is 0 Å². The van der Waals surface area contributed by atoms with Crippen LogP contribution in [0.15, 0.2) is 54.6 Å². The Kier molecular flexibility index (Phi) is 7.89. The quantitative estimate of drug-likeness (QED) is 0.366. The van der Waals surface area contributed by atoms with Gasteiger partial charge in [0.1, 0.15) is 12.4 Å². The minimum atomic E-state index is -5.67. The lowest BCUT2D eigenvalue weighted by molar-refractivity contribution is -0.0500. The molecule has 0 saturated carbocycles. The van der Waals surface area contributed by atoms with Crippen molar-refractivity contribution < 1.29 is 35.3 Å². The largest absolute Gasteiger partial charge is 0.534 e. The van der Waals surface area contributed by atoms with Gasteiger partial charge in [-0.25, -0.2) is 4.79 Å². The zero-order chi connectivity index (χ0) is 21.3. The number of carbonyl (C=O) groups excluding carboxylic acids is 1. The van der Waals surface area contributed by atoms with Crippen molar-refractivity contribution in [2.75, 3.05) is 6.54 Å². The van der Waals surface area contributed by atoms with Gasteiger partial charge in [-0.2, -0.15) is 21.6 Å². The number of carbonyl (C=O) groups is 1. The van der Waals surface area contributed by atoms with Crippen LogP contribution in [-0.4, -0.2) is 26.6 Å². The lowest BCUT2D eigenvalue weighted by atomic mass is 10.1. The predicted octanol–water partition coefficient (Wildman–Crippen LogP) is 4.16. The average molecular weight is 431 g/mol. The van der Waals surface area contributed by atoms with Crippen molar-refractivity contribution in [1.82, 2.24) is 5.32 Å². The summed E-state index contributed by atoms with van der Waals surface area (Å²) in [6, 6.07) is 14.6. The molecule has 0 fully saturated rings. The molecule has 158 valence electrons. The van der Waals surface area contributed by atoms with E-state index in [0.29, 0.717) is 25.8 Å². The van der Waals surface area contributed by atoms with Gasteiger partial charge in [0.25, 0.3) is 0 Å². The van der Waals surface area contributed by atoms with E-state index in [1.165, 1.54) is 12.1 Å². The van der Waals surface area contributed by atoms with Crippen molar-refractivity contribution in [3.63, 3.8) is 0 Å². The van der Waals surface area contributed by atoms with Crippen molar-refractivity contribution in [3.8, 4) is 5.75 Å². The molecule has 0 aliphatic heterocycles. The predicted molar refractivity (Wildman–Crippen MR) is 99.6 cm³/mol. The molecule has 0 radical (unpaired) electrons. The molecule has 2 aromatic carbocycles. The Morgan fingerprint density at radius 3 is 2.21 bits per heavy atom. The number of ether oxygens (including phenoxy) is 1. The fourth-order valence-corrected chi connectivity index (χ4v) is 2.76. The third kappa shape index (κ3) is 7.65. The van der Waals surface area contributed by atoms with Gasteiger partial charge in [0, 0.05) is 6.54 Å². The lowest BCUT2D eigenvalue weighted by Crippen LogP contribution is -2.28. The monoisotopic (exact) mass is 431 g/mol. The molecule has 0 bridgehead atoms. The molecule has 29 heavy (non-hydrogen) atoms. The highest BCUT2D eigenvalue weighted by Crippen LogP contribution is 2.27. The van der Waals surface area contributed by atoms with Crippen LogP contribution in [0.25, 0.3) is 0 Å². The summed E-state index contributed by atoms with van der Waals surface area (Å²) in [6.07, 6.45) is 1.47. The number of rotatable bonds is 9. The van der Waals surface area contributed by atoms with Crippen molar-refractivity contribution in [2.45, 2.75) is 31.4 Å². The Balaban J connectivity index is 1.64. The summed E-state index contributed by atoms with van der Waals surface area (Å²) in [6.45, 7) is 0.601. The molecule has 1 N–H and O–H groups in total. The molecule has 0 aromatic heterocycles. The van der Waals surface area contributed by atoms with Crippen molar-refractivity contribution in [2.24, 2.45) is 0 Å². The van der Waals surface area contributed by atoms with Crippen molar-refractivity contribution in [1.29, 1.82) is 0 Å². The number of benzene rings is 2. The van der Waals surface area contributed by atoms with Gasteiger partial charge in [-0.05, 0) is 42.5 Å². The topological polar surface area (TPSA) is 81.7 Å². The smallest absolute Gasteiger partial charge is 0.445 e. The zero-order valence-electron chi connectivity index (χ0n) is 15.3. The molecule has 6 nitrogen and oxygen atoms in total. The Morgan fingerprint density at radius 2 is 1.59 bits per heavy atom. The number of nitrogens with one attached hydrogen (secondary N) is 1. The van der Waals surface area contributed by atoms with Crippen LogP contribution in [0.1, 0.15) is 24.0 Å². The van der Waals surface area contributed by atoms with Gasteiger partial charge in [0.05, 0.1) is 0 Å². The van der Waals surface area contributed by atoms with Gasteiger partial charge in [0.15, 0.2) is 0 Å². The molecule has 10 heteroatoms. The van der Waals surface area contributed by atoms with Crippen LogP contribution in [0.5, 0.6) is 5.75 Å². The van der Waals surface area contributed by atoms with Gasteiger partial charge in [-0.3, -0.25) is 0 Å². The first-order chi connectivity index (χ1) is 13.7. The van der Waals surface area contributed by atoms with Crippen LogP contribution in [-0.2, 0) is 27.9 Å². The van der Waals surface area contributed by atoms with Crippen molar-refractivity contribution in [3.05, 3.63) is 65.7 Å². The molecule has 0 unspecified atom stereocenters. The molecule has 2 aromatic rings. The van der Waals surface area contributed by atoms with Crippen LogP contribution < -0.4 is 9.50 Å². The number of alkyl halides is 3. The van der Waals surface area contributed by atoms with Gasteiger partial charge in [-0.15, -0.1) is 0 Å². The number of hydrogen-bond donors (Lipinski definition) is 1. The third-order valence-corrected chi connectivity index (χ3v) is 4.77. The molecule has 0 spiro atoms. The maximum Gasteiger partial charge on any atom is 0.534 e. The highest BCUT2D eigenvalue weighted by molar-refractivity contribution is 7.88. The summed E-state index contributed by atoms with van der Waals surface area (Å²) >= 11 is 0. The first-order valence-corrected chi connectivity index (χ1v) is 10.1. The molecular formula is C19H20F3NO5S. The van der Waals surface area contributed by atoms with Crippen LogP contribution in [0.4, 0.5) is 18.0 Å². The Hall–Kier alpha value is -2.75. The maximum absolute atomic E-state index is 12.3. The van der Waals surface area contributed by atoms with Crippen LogP contribution in [0.3, 0.4) is 0 Å². The van der Waals surface area contributed by atoms with E-state index in [1.54, 1.807) is 0 Å². The van der Waals surface area contributed by atoms with Gasteiger partial charge < -0.3 is 14.2 Å². The Labute approximate surface area is 166 Å². The number of alkyl carbamates (subject to hydrolysis) is 1. The molecular weight excluding hydrogens is 411 g/mol. The first-order valence-electron chi connectivity index (χ1n) is 8.71.